The Bertz CT molecular complexity index is 955. The Labute approximate surface area is 151 Å². The number of ether oxygens (including phenoxy) is 1. The molecule has 2 aromatic rings. The lowest BCUT2D eigenvalue weighted by atomic mass is 9.89. The van der Waals surface area contributed by atoms with Gasteiger partial charge in [0.2, 0.25) is 10.0 Å². The van der Waals surface area contributed by atoms with Gasteiger partial charge in [0.1, 0.15) is 16.3 Å². The highest BCUT2D eigenvalue weighted by molar-refractivity contribution is 7.89. The van der Waals surface area contributed by atoms with Crippen LogP contribution in [0.5, 0.6) is 5.75 Å². The highest BCUT2D eigenvalue weighted by Crippen LogP contribution is 2.45. The number of benzene rings is 1. The van der Waals surface area contributed by atoms with E-state index in [-0.39, 0.29) is 10.9 Å². The first-order valence-corrected chi connectivity index (χ1v) is 9.82. The van der Waals surface area contributed by atoms with Crippen LogP contribution in [0.4, 0.5) is 0 Å². The molecule has 3 unspecified atom stereocenters. The minimum Gasteiger partial charge on any atom is -0.494 e. The monoisotopic (exact) mass is 377 g/mol. The number of sulfonamides is 1. The van der Waals surface area contributed by atoms with Crippen LogP contribution in [0.15, 0.2) is 41.6 Å². The Morgan fingerprint density at radius 1 is 1.31 bits per heavy atom. The molecule has 2 aliphatic rings. The van der Waals surface area contributed by atoms with Crippen LogP contribution in [0.3, 0.4) is 0 Å². The fourth-order valence-corrected chi connectivity index (χ4v) is 5.94. The van der Waals surface area contributed by atoms with E-state index in [9.17, 15) is 18.3 Å². The summed E-state index contributed by atoms with van der Waals surface area (Å²) in [6, 6.07) is 6.45. The number of hydrogen-bond donors (Lipinski definition) is 1. The Hall–Kier alpha value is -2.39. The van der Waals surface area contributed by atoms with Crippen molar-refractivity contribution >= 4 is 16.0 Å². The number of carboxylic acids is 1. The van der Waals surface area contributed by atoms with Crippen molar-refractivity contribution in [3.63, 3.8) is 0 Å². The predicted molar refractivity (Wildman–Crippen MR) is 91.7 cm³/mol. The topological polar surface area (TPSA) is 102 Å². The summed E-state index contributed by atoms with van der Waals surface area (Å²) in [6.45, 7) is 0. The number of carbonyl (C=O) groups is 1. The van der Waals surface area contributed by atoms with E-state index in [1.807, 2.05) is 12.1 Å². The maximum Gasteiger partial charge on any atom is 0.308 e. The molecular formula is C17H19N3O5S. The van der Waals surface area contributed by atoms with E-state index in [0.717, 1.165) is 0 Å². The molecule has 2 aliphatic heterocycles. The molecule has 0 saturated carbocycles. The van der Waals surface area contributed by atoms with Gasteiger partial charge in [-0.15, -0.1) is 0 Å². The predicted octanol–water partition coefficient (Wildman–Crippen LogP) is 1.51. The molecule has 138 valence electrons. The molecule has 0 amide bonds. The summed E-state index contributed by atoms with van der Waals surface area (Å²) < 4.78 is 34.4. The van der Waals surface area contributed by atoms with Gasteiger partial charge in [0.05, 0.1) is 25.4 Å². The maximum atomic E-state index is 13.1. The summed E-state index contributed by atoms with van der Waals surface area (Å²) in [5, 5.41) is 13.5. The van der Waals surface area contributed by atoms with Crippen molar-refractivity contribution in [1.29, 1.82) is 0 Å². The molecule has 1 aromatic carbocycles. The number of para-hydroxylation sites is 2. The summed E-state index contributed by atoms with van der Waals surface area (Å²) in [4.78, 5) is 11.5. The first kappa shape index (κ1) is 17.0. The lowest BCUT2D eigenvalue weighted by Crippen LogP contribution is -2.37. The lowest BCUT2D eigenvalue weighted by molar-refractivity contribution is -0.142. The Morgan fingerprint density at radius 3 is 2.77 bits per heavy atom. The molecule has 8 nitrogen and oxygen atoms in total. The van der Waals surface area contributed by atoms with E-state index in [0.29, 0.717) is 30.7 Å². The van der Waals surface area contributed by atoms with Crippen LogP contribution in [0, 0.1) is 5.92 Å². The molecule has 0 spiro atoms. The van der Waals surface area contributed by atoms with Gasteiger partial charge in [0.25, 0.3) is 0 Å². The van der Waals surface area contributed by atoms with Crippen molar-refractivity contribution in [3.05, 3.63) is 36.7 Å². The third-order valence-corrected chi connectivity index (χ3v) is 7.19. The molecule has 4 rings (SSSR count). The first-order chi connectivity index (χ1) is 12.4. The third-order valence-electron chi connectivity index (χ3n) is 5.26. The molecule has 3 atom stereocenters. The van der Waals surface area contributed by atoms with Gasteiger partial charge >= 0.3 is 5.97 Å². The average Bonchev–Trinajstić information content (AvgIpc) is 3.36. The van der Waals surface area contributed by atoms with Crippen LogP contribution in [0.2, 0.25) is 0 Å². The minimum atomic E-state index is -3.80. The van der Waals surface area contributed by atoms with E-state index in [2.05, 4.69) is 5.10 Å². The molecule has 9 heteroatoms. The number of aromatic nitrogens is 2. The quantitative estimate of drug-likeness (QED) is 0.847. The van der Waals surface area contributed by atoms with E-state index in [4.69, 9.17) is 4.74 Å². The Morgan fingerprint density at radius 2 is 2.08 bits per heavy atom. The van der Waals surface area contributed by atoms with Crippen LogP contribution in [0.25, 0.3) is 5.69 Å². The second-order valence-corrected chi connectivity index (χ2v) is 8.45. The lowest BCUT2D eigenvalue weighted by Gasteiger charge is -2.21. The maximum absolute atomic E-state index is 13.1. The zero-order chi connectivity index (χ0) is 18.5. The number of carboxylic acid groups (broad SMARTS) is 1. The Balaban J connectivity index is 1.68. The zero-order valence-corrected chi connectivity index (χ0v) is 15.0. The van der Waals surface area contributed by atoms with Crippen molar-refractivity contribution < 1.29 is 23.1 Å². The molecule has 1 aromatic heterocycles. The number of hydrogen-bond acceptors (Lipinski definition) is 5. The van der Waals surface area contributed by atoms with Gasteiger partial charge in [-0.25, -0.2) is 13.1 Å². The van der Waals surface area contributed by atoms with Gasteiger partial charge < -0.3 is 9.84 Å². The molecule has 1 N–H and O–H groups in total. The van der Waals surface area contributed by atoms with Crippen molar-refractivity contribution in [1.82, 2.24) is 14.1 Å². The van der Waals surface area contributed by atoms with Gasteiger partial charge in [-0.2, -0.15) is 9.40 Å². The van der Waals surface area contributed by atoms with Gasteiger partial charge in [-0.1, -0.05) is 12.1 Å². The number of nitrogens with zero attached hydrogens (tertiary/aromatic N) is 3. The molecule has 26 heavy (non-hydrogen) atoms. The molecule has 2 saturated heterocycles. The van der Waals surface area contributed by atoms with Crippen LogP contribution in [-0.2, 0) is 14.8 Å². The summed E-state index contributed by atoms with van der Waals surface area (Å²) in [6.07, 6.45) is 4.41. The largest absolute Gasteiger partial charge is 0.494 e. The van der Waals surface area contributed by atoms with E-state index < -0.39 is 28.0 Å². The van der Waals surface area contributed by atoms with Gasteiger partial charge in [-0.3, -0.25) is 4.79 Å². The standard InChI is InChI=1S/C17H19N3O5S/c1-25-16-5-3-2-4-15(16)19-10-12(9-18-19)26(23,24)20-11-6-7-14(20)13(8-11)17(21)22/h2-5,9-11,13-14H,6-8H2,1H3,(H,21,22). The highest BCUT2D eigenvalue weighted by Gasteiger charge is 2.54. The van der Waals surface area contributed by atoms with Gasteiger partial charge in [0, 0.05) is 12.1 Å². The van der Waals surface area contributed by atoms with E-state index >= 15 is 0 Å². The Kier molecular flexibility index (Phi) is 4.00. The summed E-state index contributed by atoms with van der Waals surface area (Å²) in [7, 11) is -2.27. The molecular weight excluding hydrogens is 358 g/mol. The van der Waals surface area contributed by atoms with Gasteiger partial charge in [0.15, 0.2) is 0 Å². The average molecular weight is 377 g/mol. The normalized spacial score (nSPS) is 25.5. The second-order valence-electron chi connectivity index (χ2n) is 6.61. The van der Waals surface area contributed by atoms with Crippen molar-refractivity contribution in [2.75, 3.05) is 7.11 Å². The molecule has 0 aliphatic carbocycles. The van der Waals surface area contributed by atoms with Crippen molar-refractivity contribution in [3.8, 4) is 11.4 Å². The third kappa shape index (κ3) is 2.50. The number of fused-ring (bicyclic) bond motifs is 2. The fraction of sp³-hybridized carbons (Fsp3) is 0.412. The van der Waals surface area contributed by atoms with Gasteiger partial charge in [-0.05, 0) is 31.4 Å². The minimum absolute atomic E-state index is 0.0614. The van der Waals surface area contributed by atoms with E-state index in [1.165, 1.54) is 28.5 Å². The molecule has 2 bridgehead atoms. The zero-order valence-electron chi connectivity index (χ0n) is 14.1. The number of rotatable bonds is 5. The molecule has 0 radical (unpaired) electrons. The van der Waals surface area contributed by atoms with Crippen molar-refractivity contribution in [2.24, 2.45) is 5.92 Å². The van der Waals surface area contributed by atoms with Crippen molar-refractivity contribution in [2.45, 2.75) is 36.2 Å². The second kappa shape index (κ2) is 6.10. The highest BCUT2D eigenvalue weighted by atomic mass is 32.2. The SMILES string of the molecule is COc1ccccc1-n1cc(S(=O)(=O)N2C3CCC2C(C(=O)O)C3)cn1. The summed E-state index contributed by atoms with van der Waals surface area (Å²) >= 11 is 0. The van der Waals surface area contributed by atoms with Crippen LogP contribution >= 0.6 is 0 Å². The number of aliphatic carboxylic acids is 1. The van der Waals surface area contributed by atoms with Crippen LogP contribution in [-0.4, -0.2) is 52.8 Å². The van der Waals surface area contributed by atoms with Crippen LogP contribution < -0.4 is 4.74 Å². The smallest absolute Gasteiger partial charge is 0.308 e. The summed E-state index contributed by atoms with van der Waals surface area (Å²) in [5.41, 5.74) is 0.629. The summed E-state index contributed by atoms with van der Waals surface area (Å²) in [5.74, 6) is -0.985. The number of methoxy groups -OCH3 is 1. The fourth-order valence-electron chi connectivity index (χ4n) is 4.09. The van der Waals surface area contributed by atoms with Crippen LogP contribution in [0.1, 0.15) is 19.3 Å². The first-order valence-electron chi connectivity index (χ1n) is 8.38. The van der Waals surface area contributed by atoms with E-state index in [1.54, 1.807) is 12.1 Å². The molecule has 3 heterocycles. The molecule has 2 fully saturated rings.